The normalized spacial score (nSPS) is 24.6. The van der Waals surface area contributed by atoms with Crippen molar-refractivity contribution >= 4 is 11.8 Å². The average molecular weight is 263 g/mol. The smallest absolute Gasteiger partial charge is 0.226 e. The van der Waals surface area contributed by atoms with Crippen LogP contribution in [0.3, 0.4) is 0 Å². The van der Waals surface area contributed by atoms with Crippen molar-refractivity contribution in [3.63, 3.8) is 0 Å². The molecule has 0 aliphatic carbocycles. The van der Waals surface area contributed by atoms with Gasteiger partial charge in [-0.2, -0.15) is 0 Å². The third kappa shape index (κ3) is 3.13. The van der Waals surface area contributed by atoms with Crippen LogP contribution in [0.15, 0.2) is 11.2 Å². The van der Waals surface area contributed by atoms with Gasteiger partial charge in [0.05, 0.1) is 0 Å². The van der Waals surface area contributed by atoms with Gasteiger partial charge in [0, 0.05) is 18.8 Å². The van der Waals surface area contributed by atoms with Crippen molar-refractivity contribution in [2.75, 3.05) is 18.0 Å². The summed E-state index contributed by atoms with van der Waals surface area (Å²) in [7, 11) is 0. The number of nitrogens with zero attached hydrogens (tertiary/aromatic N) is 4. The summed E-state index contributed by atoms with van der Waals surface area (Å²) >= 11 is 0. The van der Waals surface area contributed by atoms with Crippen LogP contribution in [0.1, 0.15) is 31.7 Å². The van der Waals surface area contributed by atoms with Gasteiger partial charge in [-0.25, -0.2) is 9.97 Å². The van der Waals surface area contributed by atoms with Crippen LogP contribution in [0.25, 0.3) is 0 Å². The van der Waals surface area contributed by atoms with Crippen LogP contribution in [0.4, 0.5) is 5.95 Å². The van der Waals surface area contributed by atoms with Crippen LogP contribution in [0.5, 0.6) is 0 Å². The molecular formula is C13H21N5O. The SMILES string of the molecule is Cc1cc(/C(N)=N/O)nc(N2CC(C)CC(C)C2)n1. The summed E-state index contributed by atoms with van der Waals surface area (Å²) in [6.45, 7) is 8.26. The second-order valence-electron chi connectivity index (χ2n) is 5.53. The molecule has 6 nitrogen and oxygen atoms in total. The number of hydrogen-bond acceptors (Lipinski definition) is 5. The molecule has 2 rings (SSSR count). The quantitative estimate of drug-likeness (QED) is 0.364. The number of oxime groups is 1. The maximum absolute atomic E-state index is 8.75. The maximum Gasteiger partial charge on any atom is 0.226 e. The molecule has 2 unspecified atom stereocenters. The molecule has 0 radical (unpaired) electrons. The molecule has 6 heteroatoms. The molecule has 0 bridgehead atoms. The van der Waals surface area contributed by atoms with Crippen LogP contribution < -0.4 is 10.6 Å². The standard InChI is InChI=1S/C13H21N5O/c1-8-4-9(2)7-18(6-8)13-15-10(3)5-11(16-13)12(14)17-19/h5,8-9,19H,4,6-7H2,1-3H3,(H2,14,17). The third-order valence-corrected chi connectivity index (χ3v) is 3.36. The first-order valence-corrected chi connectivity index (χ1v) is 6.58. The van der Waals surface area contributed by atoms with Crippen molar-refractivity contribution in [3.05, 3.63) is 17.5 Å². The number of anilines is 1. The van der Waals surface area contributed by atoms with Crippen LogP contribution in [0, 0.1) is 18.8 Å². The molecule has 19 heavy (non-hydrogen) atoms. The van der Waals surface area contributed by atoms with E-state index in [2.05, 4.69) is 33.9 Å². The maximum atomic E-state index is 8.75. The minimum atomic E-state index is 0.0184. The molecule has 1 fully saturated rings. The summed E-state index contributed by atoms with van der Waals surface area (Å²) in [5.74, 6) is 1.94. The Bertz CT molecular complexity index is 478. The fourth-order valence-electron chi connectivity index (χ4n) is 2.70. The third-order valence-electron chi connectivity index (χ3n) is 3.36. The lowest BCUT2D eigenvalue weighted by atomic mass is 9.92. The Labute approximate surface area is 113 Å². The molecule has 1 aliphatic rings. The van der Waals surface area contributed by atoms with Gasteiger partial charge < -0.3 is 15.8 Å². The van der Waals surface area contributed by atoms with Crippen LogP contribution in [0.2, 0.25) is 0 Å². The van der Waals surface area contributed by atoms with Gasteiger partial charge in [-0.15, -0.1) is 0 Å². The summed E-state index contributed by atoms with van der Waals surface area (Å²) < 4.78 is 0. The fourth-order valence-corrected chi connectivity index (χ4v) is 2.70. The van der Waals surface area contributed by atoms with E-state index < -0.39 is 0 Å². The lowest BCUT2D eigenvalue weighted by Gasteiger charge is -2.35. The molecule has 1 aromatic heterocycles. The zero-order chi connectivity index (χ0) is 14.0. The van der Waals surface area contributed by atoms with Gasteiger partial charge in [-0.3, -0.25) is 0 Å². The highest BCUT2D eigenvalue weighted by atomic mass is 16.4. The first-order chi connectivity index (χ1) is 8.99. The Morgan fingerprint density at radius 2 is 2.00 bits per heavy atom. The van der Waals surface area contributed by atoms with Crippen molar-refractivity contribution in [2.24, 2.45) is 22.7 Å². The second kappa shape index (κ2) is 5.42. The molecule has 0 aromatic carbocycles. The van der Waals surface area contributed by atoms with Crippen LogP contribution in [-0.2, 0) is 0 Å². The van der Waals surface area contributed by atoms with Crippen molar-refractivity contribution in [1.82, 2.24) is 9.97 Å². The average Bonchev–Trinajstić information content (AvgIpc) is 2.36. The van der Waals surface area contributed by atoms with E-state index in [0.29, 0.717) is 23.5 Å². The van der Waals surface area contributed by atoms with Gasteiger partial charge in [0.2, 0.25) is 5.95 Å². The molecule has 1 aromatic rings. The van der Waals surface area contributed by atoms with Gasteiger partial charge in [-0.05, 0) is 31.2 Å². The summed E-state index contributed by atoms with van der Waals surface area (Å²) in [5.41, 5.74) is 6.89. The van der Waals surface area contributed by atoms with Gasteiger partial charge in [0.25, 0.3) is 0 Å². The Hall–Kier alpha value is -1.85. The van der Waals surface area contributed by atoms with Gasteiger partial charge in [0.1, 0.15) is 5.69 Å². The van der Waals surface area contributed by atoms with E-state index in [-0.39, 0.29) is 5.84 Å². The van der Waals surface area contributed by atoms with E-state index in [4.69, 9.17) is 10.9 Å². The molecule has 3 N–H and O–H groups in total. The van der Waals surface area contributed by atoms with E-state index in [1.54, 1.807) is 6.07 Å². The number of aromatic nitrogens is 2. The first-order valence-electron chi connectivity index (χ1n) is 6.58. The predicted octanol–water partition coefficient (Wildman–Crippen LogP) is 1.36. The number of nitrogens with two attached hydrogens (primary N) is 1. The summed E-state index contributed by atoms with van der Waals surface area (Å²) in [6.07, 6.45) is 1.23. The second-order valence-corrected chi connectivity index (χ2v) is 5.53. The molecule has 0 amide bonds. The lowest BCUT2D eigenvalue weighted by molar-refractivity contribution is 0.318. The van der Waals surface area contributed by atoms with Crippen molar-refractivity contribution in [2.45, 2.75) is 27.2 Å². The number of rotatable bonds is 2. The van der Waals surface area contributed by atoms with E-state index in [1.807, 2.05) is 6.92 Å². The van der Waals surface area contributed by atoms with Crippen LogP contribution in [-0.4, -0.2) is 34.1 Å². The molecule has 2 heterocycles. The minimum absolute atomic E-state index is 0.0184. The zero-order valence-corrected chi connectivity index (χ0v) is 11.7. The van der Waals surface area contributed by atoms with Crippen molar-refractivity contribution < 1.29 is 5.21 Å². The lowest BCUT2D eigenvalue weighted by Crippen LogP contribution is -2.40. The molecule has 1 aliphatic heterocycles. The molecular weight excluding hydrogens is 242 g/mol. The number of hydrogen-bond donors (Lipinski definition) is 2. The molecule has 104 valence electrons. The Morgan fingerprint density at radius 3 is 2.58 bits per heavy atom. The Balaban J connectivity index is 2.31. The van der Waals surface area contributed by atoms with Crippen molar-refractivity contribution in [1.29, 1.82) is 0 Å². The predicted molar refractivity (Wildman–Crippen MR) is 74.4 cm³/mol. The summed E-state index contributed by atoms with van der Waals surface area (Å²) in [5, 5.41) is 11.8. The molecule has 2 atom stereocenters. The monoisotopic (exact) mass is 263 g/mol. The number of aryl methyl sites for hydroxylation is 1. The Kier molecular flexibility index (Phi) is 3.87. The highest BCUT2D eigenvalue weighted by molar-refractivity contribution is 5.95. The Morgan fingerprint density at radius 1 is 1.37 bits per heavy atom. The number of amidine groups is 1. The highest BCUT2D eigenvalue weighted by Crippen LogP contribution is 2.24. The number of piperidine rings is 1. The zero-order valence-electron chi connectivity index (χ0n) is 11.7. The largest absolute Gasteiger partial charge is 0.409 e. The minimum Gasteiger partial charge on any atom is -0.409 e. The van der Waals surface area contributed by atoms with Crippen molar-refractivity contribution in [3.8, 4) is 0 Å². The van der Waals surface area contributed by atoms with E-state index in [9.17, 15) is 0 Å². The molecule has 1 saturated heterocycles. The highest BCUT2D eigenvalue weighted by Gasteiger charge is 2.24. The topological polar surface area (TPSA) is 87.6 Å². The van der Waals surface area contributed by atoms with Gasteiger partial charge in [0.15, 0.2) is 5.84 Å². The fraction of sp³-hybridized carbons (Fsp3) is 0.615. The first kappa shape index (κ1) is 13.6. The van der Waals surface area contributed by atoms with E-state index in [0.717, 1.165) is 18.8 Å². The summed E-state index contributed by atoms with van der Waals surface area (Å²) in [6, 6.07) is 1.72. The van der Waals surface area contributed by atoms with E-state index >= 15 is 0 Å². The molecule has 0 spiro atoms. The van der Waals surface area contributed by atoms with Gasteiger partial charge >= 0.3 is 0 Å². The molecule has 0 saturated carbocycles. The van der Waals surface area contributed by atoms with Gasteiger partial charge in [-0.1, -0.05) is 19.0 Å². The van der Waals surface area contributed by atoms with Crippen LogP contribution >= 0.6 is 0 Å². The summed E-state index contributed by atoms with van der Waals surface area (Å²) in [4.78, 5) is 11.0. The van der Waals surface area contributed by atoms with E-state index in [1.165, 1.54) is 6.42 Å².